The van der Waals surface area contributed by atoms with Gasteiger partial charge in [-0.05, 0) is 89.0 Å². The van der Waals surface area contributed by atoms with Gasteiger partial charge in [0, 0.05) is 69.1 Å². The maximum atomic E-state index is 15.8. The van der Waals surface area contributed by atoms with Crippen molar-refractivity contribution in [2.45, 2.75) is 155 Å². The first-order chi connectivity index (χ1) is 38.7. The molecule has 446 valence electrons. The lowest BCUT2D eigenvalue weighted by atomic mass is 9.94. The smallest absolute Gasteiger partial charge is 0.248 e. The number of para-hydroxylation sites is 2. The Morgan fingerprint density at radius 2 is 1.22 bits per heavy atom. The monoisotopic (exact) mass is 1130 g/mol. The molecular weight excluding hydrogens is 1040 g/mol. The van der Waals surface area contributed by atoms with Crippen LogP contribution in [0.1, 0.15) is 112 Å². The third-order valence-electron chi connectivity index (χ3n) is 16.0. The lowest BCUT2D eigenvalue weighted by molar-refractivity contribution is -0.146. The number of anilines is 1. The number of aliphatic hydroxyl groups excluding tert-OH is 1. The van der Waals surface area contributed by atoms with Crippen LogP contribution < -0.4 is 31.5 Å². The number of ether oxygens (including phenoxy) is 2. The first-order valence-electron chi connectivity index (χ1n) is 28.6. The summed E-state index contributed by atoms with van der Waals surface area (Å²) >= 11 is 0. The highest BCUT2D eigenvalue weighted by atomic mass is 16.6. The number of benzene rings is 3. The van der Waals surface area contributed by atoms with Crippen LogP contribution in [0.3, 0.4) is 0 Å². The summed E-state index contributed by atoms with van der Waals surface area (Å²) in [5, 5.41) is 28.0. The number of methoxy groups -OCH3 is 1. The highest BCUT2D eigenvalue weighted by Gasteiger charge is 2.46. The van der Waals surface area contributed by atoms with E-state index in [2.05, 4.69) is 26.6 Å². The van der Waals surface area contributed by atoms with Crippen molar-refractivity contribution in [2.24, 2.45) is 23.7 Å². The SMILES string of the molecule is CO[C@H](c1ccccc1)[C@@H]1NC(=O)[C@H](C)NC(=O)[C@H](C[C@@H](C)CN(C)c2ccccc2)N(C)C(=O)[C@H]([C@H](O)c2cn(C(C)(C)[C@@H]3CO3)c3ccccc23)NC(=O)[C@H]([C@H](C)C=C(C)C)NC(=O)[C@H](CC(C)C)N(C)C(=O)[C@H](C(C)C)NC1=O. The maximum absolute atomic E-state index is 15.8. The number of hydrogen-bond acceptors (Lipinski definition) is 11. The number of hydrogen-bond donors (Lipinski definition) is 6. The summed E-state index contributed by atoms with van der Waals surface area (Å²) in [5.41, 5.74) is 2.72. The molecule has 6 N–H and O–H groups in total. The molecule has 2 aliphatic rings. The minimum Gasteiger partial charge on any atom is -0.386 e. The fraction of sp³-hybridized carbons (Fsp3) is 0.540. The highest BCUT2D eigenvalue weighted by molar-refractivity contribution is 5.99. The Kier molecular flexibility index (Phi) is 21.7. The third kappa shape index (κ3) is 15.3. The van der Waals surface area contributed by atoms with Gasteiger partial charge in [-0.3, -0.25) is 33.6 Å². The molecular formula is C63H89N9O10. The standard InChI is InChI=1S/C63H89N9O10/c1-36(2)30-40(8)51-59(77)67-52(54(73)45-34-72(63(10,11)49-35-82-49)46-29-23-22-28-44(45)46)62(80)71(14)48(32-39(7)33-69(12)43-26-20-17-21-27-43)57(75)64-41(9)56(74)68-53(55(81-15)42-24-18-16-19-25-42)60(78)65-50(38(5)6)61(79)70(13)47(31-37(3)4)58(76)66-51/h16-30,34,37-41,47-55,73H,31-33,35H2,1-15H3,(H,64,75)(H,65,78)(H,66,76)(H,67,77)(H,68,74)/t39-,40-,41+,47+,48+,49+,50+,51+,52+,53+,54-,55-/m1/s1. The van der Waals surface area contributed by atoms with Crippen molar-refractivity contribution in [1.82, 2.24) is 41.0 Å². The van der Waals surface area contributed by atoms with Gasteiger partial charge in [-0.15, -0.1) is 0 Å². The van der Waals surface area contributed by atoms with Gasteiger partial charge in [-0.25, -0.2) is 0 Å². The van der Waals surface area contributed by atoms with E-state index in [0.29, 0.717) is 29.7 Å². The van der Waals surface area contributed by atoms with Gasteiger partial charge in [-0.2, -0.15) is 0 Å². The summed E-state index contributed by atoms with van der Waals surface area (Å²) < 4.78 is 13.7. The van der Waals surface area contributed by atoms with Gasteiger partial charge >= 0.3 is 0 Å². The summed E-state index contributed by atoms with van der Waals surface area (Å²) in [6, 6.07) is 16.1. The van der Waals surface area contributed by atoms with Gasteiger partial charge in [0.15, 0.2) is 0 Å². The van der Waals surface area contributed by atoms with E-state index in [1.165, 1.54) is 37.9 Å². The summed E-state index contributed by atoms with van der Waals surface area (Å²) in [5.74, 6) is -6.96. The first kappa shape index (κ1) is 64.1. The Morgan fingerprint density at radius 1 is 0.707 bits per heavy atom. The molecule has 4 aromatic rings. The van der Waals surface area contributed by atoms with Crippen LogP contribution in [0.15, 0.2) is 103 Å². The first-order valence-corrected chi connectivity index (χ1v) is 28.6. The van der Waals surface area contributed by atoms with Crippen LogP contribution >= 0.6 is 0 Å². The number of amides is 7. The van der Waals surface area contributed by atoms with Gasteiger partial charge in [0.1, 0.15) is 60.6 Å². The second-order valence-electron chi connectivity index (χ2n) is 24.1. The molecule has 0 unspecified atom stereocenters. The molecule has 0 spiro atoms. The summed E-state index contributed by atoms with van der Waals surface area (Å²) in [4.78, 5) is 110. The van der Waals surface area contributed by atoms with E-state index < -0.39 is 113 Å². The van der Waals surface area contributed by atoms with Crippen molar-refractivity contribution in [2.75, 3.05) is 46.3 Å². The normalized spacial score (nSPS) is 24.6. The molecule has 12 atom stereocenters. The number of nitrogens with zero attached hydrogens (tertiary/aromatic N) is 4. The average Bonchev–Trinajstić information content (AvgIpc) is 2.69. The molecule has 7 amide bonds. The molecule has 0 aliphatic carbocycles. The van der Waals surface area contributed by atoms with Crippen molar-refractivity contribution >= 4 is 57.9 Å². The Hall–Kier alpha value is -7.09. The molecule has 2 aliphatic heterocycles. The fourth-order valence-electron chi connectivity index (χ4n) is 11.1. The van der Waals surface area contributed by atoms with Gasteiger partial charge in [0.2, 0.25) is 41.4 Å². The van der Waals surface area contributed by atoms with Gasteiger partial charge in [-0.1, -0.05) is 120 Å². The average molecular weight is 1130 g/mol. The molecule has 3 heterocycles. The largest absolute Gasteiger partial charge is 0.386 e. The lowest BCUT2D eigenvalue weighted by Gasteiger charge is -2.36. The van der Waals surface area contributed by atoms with E-state index in [9.17, 15) is 19.5 Å². The number of nitrogens with one attached hydrogen (secondary N) is 5. The maximum Gasteiger partial charge on any atom is 0.248 e. The number of aliphatic hydroxyl groups is 1. The Bertz CT molecular complexity index is 2900. The van der Waals surface area contributed by atoms with Crippen LogP contribution in [0.2, 0.25) is 0 Å². The minimum absolute atomic E-state index is 0.0433. The van der Waals surface area contributed by atoms with E-state index >= 15 is 19.2 Å². The van der Waals surface area contributed by atoms with Crippen molar-refractivity contribution in [1.29, 1.82) is 0 Å². The van der Waals surface area contributed by atoms with Crippen LogP contribution in [-0.2, 0) is 48.6 Å². The van der Waals surface area contributed by atoms with E-state index in [1.807, 2.05) is 126 Å². The van der Waals surface area contributed by atoms with E-state index in [1.54, 1.807) is 57.3 Å². The number of rotatable bonds is 17. The minimum atomic E-state index is -1.79. The van der Waals surface area contributed by atoms with Crippen molar-refractivity contribution in [3.8, 4) is 0 Å². The molecule has 82 heavy (non-hydrogen) atoms. The zero-order valence-corrected chi connectivity index (χ0v) is 50.6. The topological polar surface area (TPSA) is 236 Å². The number of carbonyl (C=O) groups excluding carboxylic acids is 7. The highest BCUT2D eigenvalue weighted by Crippen LogP contribution is 2.38. The van der Waals surface area contributed by atoms with Crippen LogP contribution in [0.4, 0.5) is 5.69 Å². The molecule has 0 saturated carbocycles. The number of likely N-dealkylation sites (N-methyl/N-ethyl adjacent to an activating group) is 2. The molecule has 1 aromatic heterocycles. The molecule has 0 radical (unpaired) electrons. The Labute approximate surface area is 484 Å². The van der Waals surface area contributed by atoms with Crippen LogP contribution in [0, 0.1) is 23.7 Å². The van der Waals surface area contributed by atoms with E-state index in [0.717, 1.165) is 16.8 Å². The fourth-order valence-corrected chi connectivity index (χ4v) is 11.1. The van der Waals surface area contributed by atoms with Crippen molar-refractivity contribution in [3.05, 3.63) is 114 Å². The van der Waals surface area contributed by atoms with Gasteiger partial charge in [0.25, 0.3) is 0 Å². The summed E-state index contributed by atoms with van der Waals surface area (Å²) in [6.45, 7) is 21.1. The second kappa shape index (κ2) is 27.8. The van der Waals surface area contributed by atoms with Gasteiger partial charge < -0.3 is 60.4 Å². The number of aromatic nitrogens is 1. The Balaban J connectivity index is 1.55. The molecule has 2 saturated heterocycles. The predicted molar refractivity (Wildman–Crippen MR) is 317 cm³/mol. The summed E-state index contributed by atoms with van der Waals surface area (Å²) in [7, 11) is 6.20. The summed E-state index contributed by atoms with van der Waals surface area (Å²) in [6.07, 6.45) is 0.777. The van der Waals surface area contributed by atoms with Crippen LogP contribution in [0.25, 0.3) is 10.9 Å². The lowest BCUT2D eigenvalue weighted by Crippen LogP contribution is -2.62. The quantitative estimate of drug-likeness (QED) is 0.0548. The molecule has 19 heteroatoms. The predicted octanol–water partition coefficient (Wildman–Crippen LogP) is 5.77. The molecule has 19 nitrogen and oxygen atoms in total. The number of carbonyl (C=O) groups is 7. The molecule has 2 fully saturated rings. The second-order valence-corrected chi connectivity index (χ2v) is 24.1. The number of epoxide rings is 1. The zero-order valence-electron chi connectivity index (χ0n) is 50.6. The molecule has 0 bridgehead atoms. The van der Waals surface area contributed by atoms with Gasteiger partial charge in [0.05, 0.1) is 12.1 Å². The number of fused-ring (bicyclic) bond motifs is 1. The van der Waals surface area contributed by atoms with E-state index in [-0.39, 0.29) is 30.8 Å². The van der Waals surface area contributed by atoms with Crippen molar-refractivity contribution in [3.63, 3.8) is 0 Å². The zero-order chi connectivity index (χ0) is 60.5. The van der Waals surface area contributed by atoms with E-state index in [4.69, 9.17) is 9.47 Å². The van der Waals surface area contributed by atoms with Crippen LogP contribution in [0.5, 0.6) is 0 Å². The third-order valence-corrected chi connectivity index (χ3v) is 16.0. The van der Waals surface area contributed by atoms with Crippen molar-refractivity contribution < 1.29 is 48.1 Å². The molecule has 6 rings (SSSR count). The molecule has 3 aromatic carbocycles. The van der Waals surface area contributed by atoms with Crippen LogP contribution in [-0.4, -0.2) is 151 Å². The number of allylic oxidation sites excluding steroid dienone is 1. The Morgan fingerprint density at radius 3 is 1.79 bits per heavy atom.